The first-order valence-corrected chi connectivity index (χ1v) is 9.01. The molecule has 1 heterocycles. The maximum absolute atomic E-state index is 10.4. The van der Waals surface area contributed by atoms with Gasteiger partial charge in [0.2, 0.25) is 0 Å². The second kappa shape index (κ2) is 8.74. The van der Waals surface area contributed by atoms with E-state index in [9.17, 15) is 20.4 Å². The molecule has 6 nitrogen and oxygen atoms in total. The van der Waals surface area contributed by atoms with Crippen molar-refractivity contribution in [3.8, 4) is 18.1 Å². The van der Waals surface area contributed by atoms with E-state index in [1.54, 1.807) is 19.2 Å². The summed E-state index contributed by atoms with van der Waals surface area (Å²) in [5.74, 6) is 3.42. The molecule has 0 saturated carbocycles. The minimum absolute atomic E-state index is 0.470. The van der Waals surface area contributed by atoms with Gasteiger partial charge in [-0.15, -0.1) is 6.42 Å². The minimum Gasteiger partial charge on any atom is -0.497 e. The van der Waals surface area contributed by atoms with Gasteiger partial charge < -0.3 is 29.9 Å². The number of ether oxygens (including phenoxy) is 2. The molecule has 1 fully saturated rings. The average Bonchev–Trinajstić information content (AvgIpc) is 2.73. The first-order chi connectivity index (χ1) is 13.5. The Labute approximate surface area is 164 Å². The highest BCUT2D eigenvalue weighted by Gasteiger charge is 2.43. The Morgan fingerprint density at radius 1 is 1.04 bits per heavy atom. The Balaban J connectivity index is 1.90. The third-order valence-electron chi connectivity index (χ3n) is 5.06. The summed E-state index contributed by atoms with van der Waals surface area (Å²) in [5, 5.41) is 39.8. The van der Waals surface area contributed by atoms with Gasteiger partial charge in [0.15, 0.2) is 0 Å². The number of aliphatic hydroxyl groups is 4. The summed E-state index contributed by atoms with van der Waals surface area (Å²) < 4.78 is 10.8. The molecule has 0 radical (unpaired) electrons. The summed E-state index contributed by atoms with van der Waals surface area (Å²) in [5.41, 5.74) is 3.22. The molecule has 0 unspecified atom stereocenters. The molecule has 0 amide bonds. The van der Waals surface area contributed by atoms with E-state index >= 15 is 0 Å². The van der Waals surface area contributed by atoms with Crippen LogP contribution in [0.15, 0.2) is 42.5 Å². The molecule has 0 spiro atoms. The van der Waals surface area contributed by atoms with Crippen LogP contribution in [0, 0.1) is 12.3 Å². The van der Waals surface area contributed by atoms with E-state index in [2.05, 4.69) is 5.92 Å². The largest absolute Gasteiger partial charge is 0.497 e. The average molecular weight is 384 g/mol. The fourth-order valence-electron chi connectivity index (χ4n) is 3.42. The molecule has 6 heteroatoms. The monoisotopic (exact) mass is 384 g/mol. The van der Waals surface area contributed by atoms with Crippen LogP contribution >= 0.6 is 0 Å². The van der Waals surface area contributed by atoms with Gasteiger partial charge in [0.25, 0.3) is 0 Å². The van der Waals surface area contributed by atoms with Crippen molar-refractivity contribution in [2.24, 2.45) is 0 Å². The van der Waals surface area contributed by atoms with E-state index in [-0.39, 0.29) is 0 Å². The number of methoxy groups -OCH3 is 1. The quantitative estimate of drug-likeness (QED) is 0.569. The van der Waals surface area contributed by atoms with Crippen molar-refractivity contribution in [1.29, 1.82) is 0 Å². The number of benzene rings is 2. The molecule has 0 aliphatic carbocycles. The van der Waals surface area contributed by atoms with E-state index in [1.807, 2.05) is 30.3 Å². The van der Waals surface area contributed by atoms with E-state index in [1.165, 1.54) is 0 Å². The molecule has 1 saturated heterocycles. The summed E-state index contributed by atoms with van der Waals surface area (Å²) in [6.45, 7) is -0.470. The lowest BCUT2D eigenvalue weighted by Crippen LogP contribution is -2.55. The fourth-order valence-corrected chi connectivity index (χ4v) is 3.42. The lowest BCUT2D eigenvalue weighted by Gasteiger charge is -2.40. The van der Waals surface area contributed by atoms with Gasteiger partial charge in [-0.3, -0.25) is 0 Å². The SMILES string of the molecule is C#Cc1ccc([C@@H]2O[C@H](CO)[C@@H](O)[C@H](O)[C@H]2O)cc1Cc1ccc(OC)cc1. The Morgan fingerprint density at radius 3 is 2.36 bits per heavy atom. The van der Waals surface area contributed by atoms with E-state index < -0.39 is 37.1 Å². The Kier molecular flexibility index (Phi) is 6.35. The molecule has 148 valence electrons. The number of hydrogen-bond acceptors (Lipinski definition) is 6. The molecule has 2 aromatic rings. The van der Waals surface area contributed by atoms with Gasteiger partial charge in [-0.2, -0.15) is 0 Å². The summed E-state index contributed by atoms with van der Waals surface area (Å²) >= 11 is 0. The summed E-state index contributed by atoms with van der Waals surface area (Å²) in [6, 6.07) is 12.9. The molecule has 0 aromatic heterocycles. The van der Waals surface area contributed by atoms with Crippen molar-refractivity contribution < 1.29 is 29.9 Å². The molecule has 1 aliphatic heterocycles. The van der Waals surface area contributed by atoms with Crippen LogP contribution in [0.4, 0.5) is 0 Å². The number of hydrogen-bond donors (Lipinski definition) is 4. The van der Waals surface area contributed by atoms with Crippen molar-refractivity contribution in [2.45, 2.75) is 36.9 Å². The number of rotatable bonds is 5. The van der Waals surface area contributed by atoms with Crippen molar-refractivity contribution in [3.05, 3.63) is 64.7 Å². The van der Waals surface area contributed by atoms with Gasteiger partial charge in [0, 0.05) is 5.56 Å². The molecule has 5 atom stereocenters. The highest BCUT2D eigenvalue weighted by atomic mass is 16.5. The van der Waals surface area contributed by atoms with Gasteiger partial charge in [0.05, 0.1) is 13.7 Å². The van der Waals surface area contributed by atoms with Gasteiger partial charge in [-0.1, -0.05) is 30.2 Å². The van der Waals surface area contributed by atoms with Crippen LogP contribution in [0.25, 0.3) is 0 Å². The predicted octanol–water partition coefficient (Wildman–Crippen LogP) is 0.782. The predicted molar refractivity (Wildman–Crippen MR) is 103 cm³/mol. The van der Waals surface area contributed by atoms with Gasteiger partial charge in [-0.25, -0.2) is 0 Å². The molecule has 0 bridgehead atoms. The Hall–Kier alpha value is -2.40. The zero-order valence-corrected chi connectivity index (χ0v) is 15.5. The van der Waals surface area contributed by atoms with Gasteiger partial charge >= 0.3 is 0 Å². The van der Waals surface area contributed by atoms with Crippen LogP contribution in [0.1, 0.15) is 28.4 Å². The smallest absolute Gasteiger partial charge is 0.118 e. The maximum Gasteiger partial charge on any atom is 0.118 e. The first-order valence-electron chi connectivity index (χ1n) is 9.01. The van der Waals surface area contributed by atoms with E-state index in [0.29, 0.717) is 17.5 Å². The zero-order chi connectivity index (χ0) is 20.3. The van der Waals surface area contributed by atoms with Crippen molar-refractivity contribution in [1.82, 2.24) is 0 Å². The number of terminal acetylenes is 1. The minimum atomic E-state index is -1.42. The zero-order valence-electron chi connectivity index (χ0n) is 15.5. The molecule has 28 heavy (non-hydrogen) atoms. The van der Waals surface area contributed by atoms with Crippen molar-refractivity contribution >= 4 is 0 Å². The molecule has 1 aliphatic rings. The van der Waals surface area contributed by atoms with Crippen molar-refractivity contribution in [2.75, 3.05) is 13.7 Å². The molecule has 2 aromatic carbocycles. The highest BCUT2D eigenvalue weighted by molar-refractivity contribution is 5.46. The van der Waals surface area contributed by atoms with Crippen LogP contribution in [0.3, 0.4) is 0 Å². The molecule has 3 rings (SSSR count). The molecular weight excluding hydrogens is 360 g/mol. The summed E-state index contributed by atoms with van der Waals surface area (Å²) in [4.78, 5) is 0. The van der Waals surface area contributed by atoms with Crippen LogP contribution in [-0.4, -0.2) is 58.6 Å². The lowest BCUT2D eigenvalue weighted by atomic mass is 9.89. The second-order valence-electron chi connectivity index (χ2n) is 6.84. The third kappa shape index (κ3) is 4.04. The highest BCUT2D eigenvalue weighted by Crippen LogP contribution is 2.33. The number of aliphatic hydroxyl groups excluding tert-OH is 4. The standard InChI is InChI=1S/C22H24O6/c1-3-14-6-7-15(22-21(26)20(25)19(24)18(12-23)28-22)11-16(14)10-13-4-8-17(27-2)9-5-13/h1,4-9,11,18-26H,10,12H2,2H3/t18-,19-,20+,21-,22+/m1/s1. The fraction of sp³-hybridized carbons (Fsp3) is 0.364. The van der Waals surface area contributed by atoms with Crippen LogP contribution < -0.4 is 4.74 Å². The topological polar surface area (TPSA) is 99.4 Å². The Morgan fingerprint density at radius 2 is 1.75 bits per heavy atom. The maximum atomic E-state index is 10.4. The summed E-state index contributed by atoms with van der Waals surface area (Å²) in [6.07, 6.45) is 0.206. The first kappa shape index (κ1) is 20.3. The van der Waals surface area contributed by atoms with Gasteiger partial charge in [0.1, 0.15) is 36.3 Å². The molecular formula is C22H24O6. The molecule has 4 N–H and O–H groups in total. The third-order valence-corrected chi connectivity index (χ3v) is 5.06. The second-order valence-corrected chi connectivity index (χ2v) is 6.84. The van der Waals surface area contributed by atoms with Gasteiger partial charge in [-0.05, 0) is 41.3 Å². The van der Waals surface area contributed by atoms with Crippen LogP contribution in [-0.2, 0) is 11.2 Å². The normalized spacial score (nSPS) is 27.2. The van der Waals surface area contributed by atoms with Crippen LogP contribution in [0.2, 0.25) is 0 Å². The van der Waals surface area contributed by atoms with Crippen LogP contribution in [0.5, 0.6) is 5.75 Å². The lowest BCUT2D eigenvalue weighted by molar-refractivity contribution is -0.231. The Bertz CT molecular complexity index is 839. The summed E-state index contributed by atoms with van der Waals surface area (Å²) in [7, 11) is 1.61. The van der Waals surface area contributed by atoms with Crippen molar-refractivity contribution in [3.63, 3.8) is 0 Å². The van der Waals surface area contributed by atoms with E-state index in [4.69, 9.17) is 15.9 Å². The van der Waals surface area contributed by atoms with E-state index in [0.717, 1.165) is 16.9 Å².